The predicted molar refractivity (Wildman–Crippen MR) is 129 cm³/mol. The van der Waals surface area contributed by atoms with E-state index in [1.165, 1.54) is 12.7 Å². The third kappa shape index (κ3) is 9.82. The van der Waals surface area contributed by atoms with Gasteiger partial charge in [-0.25, -0.2) is 0 Å². The number of hydrogen-bond donors (Lipinski definition) is 0. The van der Waals surface area contributed by atoms with Crippen LogP contribution in [0.1, 0.15) is 64.9 Å². The monoisotopic (exact) mass is 604 g/mol. The Kier molecular flexibility index (Phi) is 14.1. The Balaban J connectivity index is 2.84. The Morgan fingerprint density at radius 1 is 0.808 bits per heavy atom. The molecule has 0 aliphatic rings. The molecule has 26 heavy (non-hydrogen) atoms. The second kappa shape index (κ2) is 14.7. The lowest BCUT2D eigenvalue weighted by atomic mass is 10.2. The molecule has 0 atom stereocenters. The Morgan fingerprint density at radius 2 is 1.31 bits per heavy atom. The van der Waals surface area contributed by atoms with Gasteiger partial charge in [-0.2, -0.15) is 0 Å². The molecule has 0 fully saturated rings. The summed E-state index contributed by atoms with van der Waals surface area (Å²) in [5.41, 5.74) is 1.36. The van der Waals surface area contributed by atoms with E-state index in [1.807, 2.05) is 0 Å². The molecule has 0 spiro atoms. The second-order valence-corrected chi connectivity index (χ2v) is 11.7. The van der Waals surface area contributed by atoms with Gasteiger partial charge < -0.3 is 13.3 Å². The molecule has 0 saturated heterocycles. The average Bonchev–Trinajstić information content (AvgIpc) is 2.61. The molecule has 0 amide bonds. The maximum atomic E-state index is 6.34. The van der Waals surface area contributed by atoms with Crippen molar-refractivity contribution in [3.05, 3.63) is 30.9 Å². The van der Waals surface area contributed by atoms with Crippen molar-refractivity contribution in [2.24, 2.45) is 0 Å². The van der Waals surface area contributed by atoms with Crippen molar-refractivity contribution < 1.29 is 13.3 Å². The molecule has 0 aromatic heterocycles. The third-order valence-electron chi connectivity index (χ3n) is 4.18. The third-order valence-corrected chi connectivity index (χ3v) is 8.64. The zero-order valence-corrected chi connectivity index (χ0v) is 21.8. The highest BCUT2D eigenvalue weighted by molar-refractivity contribution is 14.1. The van der Waals surface area contributed by atoms with E-state index in [1.54, 1.807) is 0 Å². The van der Waals surface area contributed by atoms with Crippen molar-refractivity contribution >= 4 is 54.0 Å². The number of benzene rings is 1. The van der Waals surface area contributed by atoms with Crippen LogP contribution >= 0.6 is 45.2 Å². The van der Waals surface area contributed by atoms with E-state index in [4.69, 9.17) is 13.3 Å². The van der Waals surface area contributed by atoms with Crippen molar-refractivity contribution in [2.75, 3.05) is 19.8 Å². The van der Waals surface area contributed by atoms with Crippen molar-refractivity contribution in [1.29, 1.82) is 0 Å². The summed E-state index contributed by atoms with van der Waals surface area (Å²) in [5, 5.41) is 0. The topological polar surface area (TPSA) is 27.7 Å². The van der Waals surface area contributed by atoms with Gasteiger partial charge in [0, 0.05) is 33.0 Å². The average molecular weight is 604 g/mol. The van der Waals surface area contributed by atoms with E-state index >= 15 is 0 Å². The highest BCUT2D eigenvalue weighted by atomic mass is 127. The van der Waals surface area contributed by atoms with Gasteiger partial charge in [-0.05, 0) is 88.6 Å². The fourth-order valence-electron chi connectivity index (χ4n) is 2.47. The van der Waals surface area contributed by atoms with Crippen LogP contribution in [0.3, 0.4) is 0 Å². The molecule has 1 aromatic carbocycles. The molecule has 0 radical (unpaired) electrons. The molecule has 0 saturated carbocycles. The normalized spacial score (nSPS) is 11.9. The summed E-state index contributed by atoms with van der Waals surface area (Å²) >= 11 is 4.79. The van der Waals surface area contributed by atoms with E-state index < -0.39 is 8.80 Å². The molecule has 0 N–H and O–H groups in total. The van der Waals surface area contributed by atoms with Gasteiger partial charge in [-0.1, -0.05) is 46.1 Å². The fourth-order valence-corrected chi connectivity index (χ4v) is 6.97. The predicted octanol–water partition coefficient (Wildman–Crippen LogP) is 6.83. The maximum absolute atomic E-state index is 6.34. The minimum absolute atomic E-state index is 0.741. The summed E-state index contributed by atoms with van der Waals surface area (Å²) in [7, 11) is -2.63. The molecule has 0 unspecified atom stereocenters. The van der Waals surface area contributed by atoms with Crippen LogP contribution in [0.15, 0.2) is 18.2 Å². The first-order chi connectivity index (χ1) is 12.6. The summed E-state index contributed by atoms with van der Waals surface area (Å²) < 4.78 is 21.6. The number of rotatable bonds is 15. The summed E-state index contributed by atoms with van der Waals surface area (Å²) in [6.07, 6.45) is 7.51. The first-order valence-corrected chi connectivity index (χ1v) is 14.0. The Hall–Kier alpha value is 0.777. The van der Waals surface area contributed by atoms with Crippen LogP contribution in [0.5, 0.6) is 0 Å². The van der Waals surface area contributed by atoms with E-state index in [0.717, 1.165) is 70.8 Å². The zero-order valence-electron chi connectivity index (χ0n) is 16.5. The van der Waals surface area contributed by atoms with Crippen molar-refractivity contribution in [1.82, 2.24) is 0 Å². The van der Waals surface area contributed by atoms with Gasteiger partial charge in [0.05, 0.1) is 0 Å². The van der Waals surface area contributed by atoms with Gasteiger partial charge in [-0.15, -0.1) is 0 Å². The number of unbranched alkanes of at least 4 members (excludes halogenated alkanes) is 3. The number of halogens is 2. The van der Waals surface area contributed by atoms with Crippen LogP contribution in [-0.4, -0.2) is 28.6 Å². The molecule has 150 valence electrons. The quantitative estimate of drug-likeness (QED) is 0.125. The van der Waals surface area contributed by atoms with E-state index in [-0.39, 0.29) is 0 Å². The summed E-state index contributed by atoms with van der Waals surface area (Å²) in [4.78, 5) is 0. The molecule has 3 nitrogen and oxygen atoms in total. The summed E-state index contributed by atoms with van der Waals surface area (Å²) in [6, 6.07) is 7.50. The minimum atomic E-state index is -2.63. The van der Waals surface area contributed by atoms with Crippen LogP contribution in [0.2, 0.25) is 6.04 Å². The summed E-state index contributed by atoms with van der Waals surface area (Å²) in [5.74, 6) is 0. The lowest BCUT2D eigenvalue weighted by molar-refractivity contribution is 0.0563. The molecule has 1 aromatic rings. The van der Waals surface area contributed by atoms with Crippen molar-refractivity contribution in [2.45, 2.75) is 71.8 Å². The molecule has 0 aliphatic heterocycles. The van der Waals surface area contributed by atoms with Gasteiger partial charge in [0.1, 0.15) is 0 Å². The molecule has 0 bridgehead atoms. The van der Waals surface area contributed by atoms with Crippen LogP contribution < -0.4 is 0 Å². The standard InChI is InChI=1S/C20H34I2O3Si/c1-4-7-13-23-26(24-14-8-5-2,25-15-9-6-3)16-12-18-10-11-19(21)17-20(18)22/h10-11,17H,4-9,12-16H2,1-3H3. The highest BCUT2D eigenvalue weighted by Crippen LogP contribution is 2.24. The summed E-state index contributed by atoms with van der Waals surface area (Å²) in [6.45, 7) is 8.80. The Labute approximate surface area is 188 Å². The van der Waals surface area contributed by atoms with E-state index in [9.17, 15) is 0 Å². The largest absolute Gasteiger partial charge is 0.501 e. The Bertz CT molecular complexity index is 473. The maximum Gasteiger partial charge on any atom is 0.501 e. The highest BCUT2D eigenvalue weighted by Gasteiger charge is 2.40. The van der Waals surface area contributed by atoms with Gasteiger partial charge in [0.25, 0.3) is 0 Å². The molecule has 1 rings (SSSR count). The lowest BCUT2D eigenvalue weighted by Crippen LogP contribution is -2.47. The zero-order chi connectivity index (χ0) is 19.3. The molecule has 0 aliphatic carbocycles. The molecule has 0 heterocycles. The van der Waals surface area contributed by atoms with Crippen LogP contribution in [0, 0.1) is 7.14 Å². The molecule has 6 heteroatoms. The number of hydrogen-bond acceptors (Lipinski definition) is 3. The van der Waals surface area contributed by atoms with Crippen LogP contribution in [0.4, 0.5) is 0 Å². The van der Waals surface area contributed by atoms with Crippen LogP contribution in [-0.2, 0) is 19.7 Å². The first kappa shape index (κ1) is 24.8. The van der Waals surface area contributed by atoms with Crippen molar-refractivity contribution in [3.8, 4) is 0 Å². The van der Waals surface area contributed by atoms with Crippen molar-refractivity contribution in [3.63, 3.8) is 0 Å². The van der Waals surface area contributed by atoms with E-state index in [0.29, 0.717) is 0 Å². The molecular weight excluding hydrogens is 570 g/mol. The van der Waals surface area contributed by atoms with E-state index in [2.05, 4.69) is 84.2 Å². The smallest absolute Gasteiger partial charge is 0.373 e. The molecular formula is C20H34I2O3Si. The van der Waals surface area contributed by atoms with Gasteiger partial charge >= 0.3 is 8.80 Å². The fraction of sp³-hybridized carbons (Fsp3) is 0.700. The SMILES string of the molecule is CCCCO[Si](CCc1ccc(I)cc1I)(OCCCC)OCCCC. The number of aryl methyl sites for hydroxylation is 1. The Morgan fingerprint density at radius 3 is 1.73 bits per heavy atom. The second-order valence-electron chi connectivity index (χ2n) is 6.52. The van der Waals surface area contributed by atoms with Crippen LogP contribution in [0.25, 0.3) is 0 Å². The minimum Gasteiger partial charge on any atom is -0.373 e. The van der Waals surface area contributed by atoms with Gasteiger partial charge in [0.15, 0.2) is 0 Å². The van der Waals surface area contributed by atoms with Gasteiger partial charge in [-0.3, -0.25) is 0 Å². The first-order valence-electron chi connectivity index (χ1n) is 9.92. The van der Waals surface area contributed by atoms with Gasteiger partial charge in [0.2, 0.25) is 0 Å². The lowest BCUT2D eigenvalue weighted by Gasteiger charge is -2.30.